The van der Waals surface area contributed by atoms with Crippen LogP contribution in [0.5, 0.6) is 6.01 Å². The Morgan fingerprint density at radius 2 is 1.73 bits per heavy atom. The number of imidazole rings is 1. The first-order valence-electron chi connectivity index (χ1n) is 12.0. The van der Waals surface area contributed by atoms with E-state index in [9.17, 15) is 9.59 Å². The standard InChI is InChI=1S/C27H21ClN4O5/c28-17-10-18-25(30-22(17)16-8-6-15(7-9-16)14-4-2-1-3-5-14)31-26(29-18)37-19-12-35-24-23(19)36-13-27(24)20(33)11-21(34)32-27/h1-10,19,23-24H,11-13H2,(H,32,34)(H,29,30,31)/t19-,23-,24+,27?/m1/s1. The van der Waals surface area contributed by atoms with E-state index in [1.807, 2.05) is 42.5 Å². The summed E-state index contributed by atoms with van der Waals surface area (Å²) in [4.78, 5) is 36.6. The van der Waals surface area contributed by atoms with Crippen molar-refractivity contribution >= 4 is 34.5 Å². The summed E-state index contributed by atoms with van der Waals surface area (Å²) >= 11 is 6.58. The van der Waals surface area contributed by atoms with Crippen molar-refractivity contribution in [1.29, 1.82) is 0 Å². The second kappa shape index (κ2) is 8.37. The first-order valence-corrected chi connectivity index (χ1v) is 12.3. The molecule has 3 fully saturated rings. The Kier molecular flexibility index (Phi) is 5.07. The van der Waals surface area contributed by atoms with Gasteiger partial charge in [0, 0.05) is 5.56 Å². The summed E-state index contributed by atoms with van der Waals surface area (Å²) < 4.78 is 17.8. The van der Waals surface area contributed by atoms with E-state index < -0.39 is 23.9 Å². The molecule has 1 unspecified atom stereocenters. The number of aromatic amines is 1. The number of Topliss-reactive ketones (excluding diaryl/α,β-unsaturated/α-hetero) is 1. The molecular formula is C27H21ClN4O5. The van der Waals surface area contributed by atoms with Crippen LogP contribution >= 0.6 is 11.6 Å². The molecule has 2 aromatic heterocycles. The van der Waals surface area contributed by atoms with Gasteiger partial charge in [0.05, 0.1) is 35.9 Å². The molecule has 0 saturated carbocycles. The number of ketones is 1. The number of aromatic nitrogens is 3. The highest BCUT2D eigenvalue weighted by Gasteiger charge is 2.64. The van der Waals surface area contributed by atoms with Gasteiger partial charge in [-0.15, -0.1) is 0 Å². The molecular weight excluding hydrogens is 496 g/mol. The SMILES string of the molecule is O=C1CC(=O)C2(CO[C@@H]3[C@H](Oc4nc5nc(-c6ccc(-c7ccccc7)cc6)c(Cl)cc5[nH]4)CO[C@@H]32)N1. The molecule has 0 radical (unpaired) electrons. The Morgan fingerprint density at radius 1 is 0.973 bits per heavy atom. The van der Waals surface area contributed by atoms with Crippen LogP contribution in [0.4, 0.5) is 0 Å². The molecule has 0 bridgehead atoms. The van der Waals surface area contributed by atoms with Crippen molar-refractivity contribution in [1.82, 2.24) is 20.3 Å². The molecule has 1 amide bonds. The van der Waals surface area contributed by atoms with Crippen LogP contribution in [0.25, 0.3) is 33.5 Å². The van der Waals surface area contributed by atoms with E-state index in [4.69, 9.17) is 25.8 Å². The lowest BCUT2D eigenvalue weighted by molar-refractivity contribution is -0.125. The van der Waals surface area contributed by atoms with Gasteiger partial charge in [-0.05, 0) is 17.2 Å². The smallest absolute Gasteiger partial charge is 0.296 e. The highest BCUT2D eigenvalue weighted by molar-refractivity contribution is 6.33. The highest BCUT2D eigenvalue weighted by atomic mass is 35.5. The fourth-order valence-corrected chi connectivity index (χ4v) is 5.63. The molecule has 3 saturated heterocycles. The fourth-order valence-electron chi connectivity index (χ4n) is 5.37. The lowest BCUT2D eigenvalue weighted by atomic mass is 9.89. The number of hydrogen-bond acceptors (Lipinski definition) is 7. The first kappa shape index (κ1) is 22.4. The number of fused-ring (bicyclic) bond motifs is 3. The zero-order valence-corrected chi connectivity index (χ0v) is 20.2. The predicted molar refractivity (Wildman–Crippen MR) is 134 cm³/mol. The second-order valence-electron chi connectivity index (χ2n) is 9.48. The maximum Gasteiger partial charge on any atom is 0.296 e. The van der Waals surface area contributed by atoms with Crippen LogP contribution < -0.4 is 10.1 Å². The number of hydrogen-bond donors (Lipinski definition) is 2. The van der Waals surface area contributed by atoms with Gasteiger partial charge in [0.25, 0.3) is 6.01 Å². The lowest BCUT2D eigenvalue weighted by Gasteiger charge is -2.25. The van der Waals surface area contributed by atoms with E-state index >= 15 is 0 Å². The molecule has 2 aromatic carbocycles. The van der Waals surface area contributed by atoms with Crippen molar-refractivity contribution in [3.8, 4) is 28.4 Å². The number of ether oxygens (including phenoxy) is 3. The fraction of sp³-hybridized carbons (Fsp3) is 0.259. The van der Waals surface area contributed by atoms with Crippen LogP contribution in [0, 0.1) is 0 Å². The Hall–Kier alpha value is -3.79. The van der Waals surface area contributed by atoms with E-state index in [2.05, 4.69) is 32.4 Å². The summed E-state index contributed by atoms with van der Waals surface area (Å²) in [6, 6.07) is 20.2. The number of amides is 1. The second-order valence-corrected chi connectivity index (χ2v) is 9.89. The quantitative estimate of drug-likeness (QED) is 0.400. The van der Waals surface area contributed by atoms with Crippen LogP contribution in [-0.2, 0) is 19.1 Å². The summed E-state index contributed by atoms with van der Waals surface area (Å²) in [6.07, 6.45) is -1.77. The molecule has 0 aliphatic carbocycles. The van der Waals surface area contributed by atoms with Crippen molar-refractivity contribution < 1.29 is 23.8 Å². The number of benzene rings is 2. The van der Waals surface area contributed by atoms with E-state index in [0.717, 1.165) is 16.7 Å². The van der Waals surface area contributed by atoms with Gasteiger partial charge in [0.1, 0.15) is 12.2 Å². The van der Waals surface area contributed by atoms with Crippen molar-refractivity contribution in [2.24, 2.45) is 0 Å². The molecule has 186 valence electrons. The molecule has 1 spiro atoms. The summed E-state index contributed by atoms with van der Waals surface area (Å²) in [5.74, 6) is -0.523. The van der Waals surface area contributed by atoms with Gasteiger partial charge in [-0.2, -0.15) is 4.98 Å². The van der Waals surface area contributed by atoms with Gasteiger partial charge in [0.2, 0.25) is 5.91 Å². The molecule has 10 heteroatoms. The van der Waals surface area contributed by atoms with Crippen molar-refractivity contribution in [2.45, 2.75) is 30.3 Å². The molecule has 7 rings (SSSR count). The largest absolute Gasteiger partial charge is 0.456 e. The van der Waals surface area contributed by atoms with E-state index in [1.165, 1.54) is 0 Å². The molecule has 4 aromatic rings. The number of carbonyl (C=O) groups is 2. The number of rotatable bonds is 4. The van der Waals surface area contributed by atoms with E-state index in [1.54, 1.807) is 6.07 Å². The van der Waals surface area contributed by atoms with E-state index in [0.29, 0.717) is 21.9 Å². The summed E-state index contributed by atoms with van der Waals surface area (Å²) in [7, 11) is 0. The lowest BCUT2D eigenvalue weighted by Crippen LogP contribution is -2.56. The Bertz CT molecular complexity index is 1540. The highest BCUT2D eigenvalue weighted by Crippen LogP contribution is 2.39. The Balaban J connectivity index is 1.12. The summed E-state index contributed by atoms with van der Waals surface area (Å²) in [5.41, 5.74) is 3.68. The number of carbonyl (C=O) groups excluding carboxylic acids is 2. The minimum Gasteiger partial charge on any atom is -0.456 e. The normalized spacial score (nSPS) is 26.7. The Morgan fingerprint density at radius 3 is 2.49 bits per heavy atom. The average Bonchev–Trinajstić information content (AvgIpc) is 3.65. The van der Waals surface area contributed by atoms with Crippen LogP contribution in [0.15, 0.2) is 60.7 Å². The monoisotopic (exact) mass is 516 g/mol. The van der Waals surface area contributed by atoms with Crippen molar-refractivity contribution in [3.63, 3.8) is 0 Å². The Labute approximate surface area is 216 Å². The topological polar surface area (TPSA) is 115 Å². The molecule has 9 nitrogen and oxygen atoms in total. The van der Waals surface area contributed by atoms with Crippen LogP contribution in [0.3, 0.4) is 0 Å². The molecule has 5 heterocycles. The molecule has 3 aliphatic rings. The summed E-state index contributed by atoms with van der Waals surface area (Å²) in [5, 5.41) is 3.24. The minimum atomic E-state index is -1.13. The van der Waals surface area contributed by atoms with Gasteiger partial charge >= 0.3 is 0 Å². The number of pyridine rings is 1. The zero-order chi connectivity index (χ0) is 25.1. The zero-order valence-electron chi connectivity index (χ0n) is 19.4. The number of H-pyrrole nitrogens is 1. The molecule has 3 aliphatic heterocycles. The molecule has 4 atom stereocenters. The van der Waals surface area contributed by atoms with Gasteiger partial charge in [-0.25, -0.2) is 4.98 Å². The van der Waals surface area contributed by atoms with Crippen LogP contribution in [0.1, 0.15) is 6.42 Å². The van der Waals surface area contributed by atoms with E-state index in [-0.39, 0.29) is 37.3 Å². The first-order chi connectivity index (χ1) is 18.0. The van der Waals surface area contributed by atoms with Gasteiger partial charge in [-0.1, -0.05) is 66.2 Å². The molecule has 2 N–H and O–H groups in total. The van der Waals surface area contributed by atoms with Crippen molar-refractivity contribution in [2.75, 3.05) is 13.2 Å². The van der Waals surface area contributed by atoms with Gasteiger partial charge in [0.15, 0.2) is 23.1 Å². The maximum atomic E-state index is 12.5. The third-order valence-electron chi connectivity index (χ3n) is 7.21. The maximum absolute atomic E-state index is 12.5. The van der Waals surface area contributed by atoms with Crippen LogP contribution in [0.2, 0.25) is 5.02 Å². The predicted octanol–water partition coefficient (Wildman–Crippen LogP) is 3.32. The van der Waals surface area contributed by atoms with Crippen molar-refractivity contribution in [3.05, 3.63) is 65.7 Å². The average molecular weight is 517 g/mol. The third-order valence-corrected chi connectivity index (χ3v) is 7.50. The summed E-state index contributed by atoms with van der Waals surface area (Å²) in [6.45, 7) is 0.265. The van der Waals surface area contributed by atoms with Crippen LogP contribution in [-0.4, -0.2) is 63.7 Å². The number of nitrogens with zero attached hydrogens (tertiary/aromatic N) is 2. The van der Waals surface area contributed by atoms with Gasteiger partial charge in [-0.3, -0.25) is 9.59 Å². The number of halogens is 1. The third kappa shape index (κ3) is 3.61. The minimum absolute atomic E-state index is 0.0660. The van der Waals surface area contributed by atoms with Gasteiger partial charge < -0.3 is 24.5 Å². The number of nitrogens with one attached hydrogen (secondary N) is 2. The molecule has 37 heavy (non-hydrogen) atoms.